The van der Waals surface area contributed by atoms with Gasteiger partial charge in [0.25, 0.3) is 0 Å². The van der Waals surface area contributed by atoms with E-state index in [1.54, 1.807) is 28.8 Å². The van der Waals surface area contributed by atoms with Crippen LogP contribution >= 0.6 is 11.6 Å². The number of hydrogen-bond acceptors (Lipinski definition) is 0. The molecule has 1 saturated carbocycles. The van der Waals surface area contributed by atoms with Gasteiger partial charge in [-0.2, -0.15) is 0 Å². The van der Waals surface area contributed by atoms with Gasteiger partial charge in [-0.1, -0.05) is 0 Å². The van der Waals surface area contributed by atoms with Crippen LogP contribution in [-0.4, -0.2) is 3.71 Å². The molecule has 4 atom stereocenters. The monoisotopic (exact) mass is 741 g/mol. The number of rotatable bonds is 4. The summed E-state index contributed by atoms with van der Waals surface area (Å²) in [7, 11) is 0. The number of hydrogen-bond donors (Lipinski definition) is 0. The van der Waals surface area contributed by atoms with Gasteiger partial charge in [0, 0.05) is 0 Å². The molecule has 251 valence electrons. The Morgan fingerprint density at radius 1 is 0.776 bits per heavy atom. The van der Waals surface area contributed by atoms with Crippen LogP contribution in [0.25, 0.3) is 5.57 Å². The first-order valence-corrected chi connectivity index (χ1v) is 24.0. The molecule has 1 fully saturated rings. The van der Waals surface area contributed by atoms with Crippen LogP contribution in [0.3, 0.4) is 0 Å². The number of benzene rings is 3. The fraction of sp³-hybridized carbons (Fsp3) is 0.383. The quantitative estimate of drug-likeness (QED) is 0.250. The Kier molecular flexibility index (Phi) is 7.67. The van der Waals surface area contributed by atoms with Gasteiger partial charge in [-0.15, -0.1) is 0 Å². The zero-order chi connectivity index (χ0) is 34.6. The van der Waals surface area contributed by atoms with Crippen molar-refractivity contribution in [3.05, 3.63) is 151 Å². The molecule has 5 aliphatic carbocycles. The van der Waals surface area contributed by atoms with E-state index < -0.39 is 19.8 Å². The van der Waals surface area contributed by atoms with Crippen LogP contribution in [-0.2, 0) is 26.2 Å². The molecule has 0 aliphatic heterocycles. The summed E-state index contributed by atoms with van der Waals surface area (Å²) in [6, 6.07) is 29.9. The zero-order valence-corrected chi connectivity index (χ0v) is 34.0. The molecule has 0 bridgehead atoms. The molecule has 2 heteroatoms. The first kappa shape index (κ1) is 33.5. The van der Waals surface area contributed by atoms with E-state index >= 15 is 0 Å². The Balaban J connectivity index is 1.63. The molecule has 0 spiro atoms. The van der Waals surface area contributed by atoms with Gasteiger partial charge in [-0.3, -0.25) is 0 Å². The summed E-state index contributed by atoms with van der Waals surface area (Å²) >= 11 is 2.72. The molecule has 0 saturated heterocycles. The first-order valence-electron chi connectivity index (χ1n) is 18.5. The molecule has 49 heavy (non-hydrogen) atoms. The van der Waals surface area contributed by atoms with Crippen LogP contribution in [0, 0.1) is 27.6 Å². The molecule has 0 radical (unpaired) electrons. The summed E-state index contributed by atoms with van der Waals surface area (Å²) in [5, 5.41) is 0.815. The van der Waals surface area contributed by atoms with Gasteiger partial charge >= 0.3 is 307 Å². The van der Waals surface area contributed by atoms with Crippen molar-refractivity contribution >= 4 is 24.2 Å². The van der Waals surface area contributed by atoms with Crippen molar-refractivity contribution in [2.24, 2.45) is 27.6 Å². The Morgan fingerprint density at radius 2 is 1.51 bits per heavy atom. The van der Waals surface area contributed by atoms with Crippen LogP contribution in [0.2, 0.25) is 8.15 Å². The molecule has 0 aromatic heterocycles. The van der Waals surface area contributed by atoms with Crippen molar-refractivity contribution in [1.29, 1.82) is 0 Å². The molecule has 0 N–H and O–H groups in total. The first-order chi connectivity index (χ1) is 23.2. The second kappa shape index (κ2) is 11.2. The van der Waals surface area contributed by atoms with E-state index in [0.717, 1.165) is 24.3 Å². The molecule has 8 rings (SSSR count). The van der Waals surface area contributed by atoms with Gasteiger partial charge in [0.05, 0.1) is 0 Å². The second-order valence-corrected chi connectivity index (χ2v) is 28.0. The van der Waals surface area contributed by atoms with Gasteiger partial charge in [-0.25, -0.2) is 0 Å². The standard InChI is InChI=1S/C29H37.C7H5Cl.C6H5.C5H5.Zr/c1-18-25-22-17-19-13-9-10-14-20(19)24(22)21-15-11-12-16-23(21)29(25,8)28(6,7)27(4,5)26(18,2)3;1-6-3-2-4-7(8)5-6;1-2-4-6-5-3-1;1-2-4-5-3-1;/h9-11,13-15,23H,12,16-17H2,1-8H3;1-5H;1-5H;1-3H,4H2;. The molecule has 0 nitrogen and oxygen atoms in total. The second-order valence-electron chi connectivity index (χ2n) is 17.5. The molecular formula is C47H52ClZr. The van der Waals surface area contributed by atoms with Gasteiger partial charge in [0.2, 0.25) is 0 Å². The predicted molar refractivity (Wildman–Crippen MR) is 208 cm³/mol. The topological polar surface area (TPSA) is 0 Å². The maximum absolute atomic E-state index is 6.83. The van der Waals surface area contributed by atoms with Crippen LogP contribution in [0.15, 0.2) is 129 Å². The molecule has 3 aromatic carbocycles. The third kappa shape index (κ3) is 4.10. The van der Waals surface area contributed by atoms with Crippen LogP contribution in [0.5, 0.6) is 0 Å². The Labute approximate surface area is 304 Å². The summed E-state index contributed by atoms with van der Waals surface area (Å²) in [6.07, 6.45) is 16.7. The van der Waals surface area contributed by atoms with Gasteiger partial charge < -0.3 is 0 Å². The van der Waals surface area contributed by atoms with Crippen LogP contribution < -0.4 is 3.27 Å². The summed E-state index contributed by atoms with van der Waals surface area (Å²) in [5.41, 5.74) is 10.7. The molecule has 0 amide bonds. The van der Waals surface area contributed by atoms with E-state index in [0.29, 0.717) is 5.92 Å². The zero-order valence-electron chi connectivity index (χ0n) is 30.8. The van der Waals surface area contributed by atoms with E-state index in [1.165, 1.54) is 23.1 Å². The van der Waals surface area contributed by atoms with Gasteiger partial charge in [0.15, 0.2) is 0 Å². The van der Waals surface area contributed by atoms with Crippen molar-refractivity contribution in [2.45, 2.75) is 84.2 Å². The third-order valence-corrected chi connectivity index (χ3v) is 30.4. The fourth-order valence-corrected chi connectivity index (χ4v) is 28.3. The Bertz CT molecular complexity index is 2090. The van der Waals surface area contributed by atoms with Gasteiger partial charge in [0.1, 0.15) is 0 Å². The van der Waals surface area contributed by atoms with Crippen molar-refractivity contribution in [1.82, 2.24) is 0 Å². The minimum atomic E-state index is -4.10. The van der Waals surface area contributed by atoms with Crippen molar-refractivity contribution in [3.63, 3.8) is 0 Å². The van der Waals surface area contributed by atoms with Crippen LogP contribution in [0.4, 0.5) is 0 Å². The van der Waals surface area contributed by atoms with E-state index in [1.807, 2.05) is 6.07 Å². The fourth-order valence-electron chi connectivity index (χ4n) is 12.0. The SMILES string of the molecule is CC12C(=C3Cc4ccccc4C3=C3C=CCCC31)[C](C)([Zr](=[CH]c1cccc(Cl)c1)([C]1=CC=CC1)[c]1ccccc1)C(C)(C)C(C)(C)C2(C)C. The van der Waals surface area contributed by atoms with Gasteiger partial charge in [-0.05, 0) is 0 Å². The maximum atomic E-state index is 6.83. The van der Waals surface area contributed by atoms with E-state index in [2.05, 4.69) is 162 Å². The predicted octanol–water partition coefficient (Wildman–Crippen LogP) is 12.4. The average Bonchev–Trinajstić information content (AvgIpc) is 3.76. The van der Waals surface area contributed by atoms with Crippen LogP contribution in [0.1, 0.15) is 91.3 Å². The molecular weight excluding hydrogens is 691 g/mol. The minimum absolute atomic E-state index is 0.00545. The Morgan fingerprint density at radius 3 is 2.22 bits per heavy atom. The van der Waals surface area contributed by atoms with E-state index in [4.69, 9.17) is 11.6 Å². The van der Waals surface area contributed by atoms with E-state index in [9.17, 15) is 0 Å². The normalized spacial score (nSPS) is 29.8. The number of allylic oxidation sites excluding steroid dienone is 10. The van der Waals surface area contributed by atoms with Crippen molar-refractivity contribution in [2.75, 3.05) is 0 Å². The molecule has 4 unspecified atom stereocenters. The summed E-state index contributed by atoms with van der Waals surface area (Å²) in [4.78, 5) is 0. The molecule has 0 heterocycles. The molecule has 5 aliphatic rings. The number of halogens is 1. The summed E-state index contributed by atoms with van der Waals surface area (Å²) < 4.78 is 5.97. The summed E-state index contributed by atoms with van der Waals surface area (Å²) in [5.74, 6) is 0.462. The summed E-state index contributed by atoms with van der Waals surface area (Å²) in [6.45, 7) is 21.4. The van der Waals surface area contributed by atoms with Crippen molar-refractivity contribution < 1.29 is 19.8 Å². The Hall–Kier alpha value is -2.60. The molecule has 3 aromatic rings. The van der Waals surface area contributed by atoms with Crippen molar-refractivity contribution in [3.8, 4) is 0 Å². The van der Waals surface area contributed by atoms with E-state index in [-0.39, 0.29) is 24.8 Å². The average molecular weight is 744 g/mol. The third-order valence-electron chi connectivity index (χ3n) is 15.8. The number of fused-ring (bicyclic) bond motifs is 6.